The van der Waals surface area contributed by atoms with Gasteiger partial charge in [-0.15, -0.1) is 0 Å². The van der Waals surface area contributed by atoms with Crippen molar-refractivity contribution in [3.63, 3.8) is 0 Å². The van der Waals surface area contributed by atoms with Crippen LogP contribution in [0.2, 0.25) is 5.02 Å². The van der Waals surface area contributed by atoms with Crippen molar-refractivity contribution in [2.75, 3.05) is 6.54 Å². The molecule has 0 aliphatic rings. The Kier molecular flexibility index (Phi) is 6.35. The Bertz CT molecular complexity index is 393. The monoisotopic (exact) mass is 281 g/mol. The van der Waals surface area contributed by atoms with Crippen LogP contribution in [0.4, 0.5) is 0 Å². The molecule has 2 heteroatoms. The van der Waals surface area contributed by atoms with Crippen LogP contribution in [0.1, 0.15) is 64.1 Å². The Hall–Kier alpha value is -0.530. The highest BCUT2D eigenvalue weighted by atomic mass is 35.5. The molecular formula is C17H28ClN. The van der Waals surface area contributed by atoms with Crippen molar-refractivity contribution in [3.8, 4) is 0 Å². The Balaban J connectivity index is 2.83. The highest BCUT2D eigenvalue weighted by Gasteiger charge is 2.18. The van der Waals surface area contributed by atoms with E-state index in [1.54, 1.807) is 0 Å². The molecule has 0 spiro atoms. The molecule has 0 aliphatic heterocycles. The maximum atomic E-state index is 6.41. The standard InChI is InChI=1S/C17H28ClN/c1-6-11-19-16(9-10-17(3,4)5)14-8-7-13(2)12-15(14)18/h7-8,12,16,19H,6,9-11H2,1-5H3. The fraction of sp³-hybridized carbons (Fsp3) is 0.647. The van der Waals surface area contributed by atoms with Crippen LogP contribution >= 0.6 is 11.6 Å². The minimum atomic E-state index is 0.364. The topological polar surface area (TPSA) is 12.0 Å². The second-order valence-electron chi connectivity index (χ2n) is 6.63. The SMILES string of the molecule is CCCNC(CCC(C)(C)C)c1ccc(C)cc1Cl. The van der Waals surface area contributed by atoms with E-state index in [4.69, 9.17) is 11.6 Å². The van der Waals surface area contributed by atoms with Gasteiger partial charge in [0.2, 0.25) is 0 Å². The smallest absolute Gasteiger partial charge is 0.0456 e. The lowest BCUT2D eigenvalue weighted by Gasteiger charge is -2.25. The maximum Gasteiger partial charge on any atom is 0.0456 e. The zero-order valence-corrected chi connectivity index (χ0v) is 13.8. The molecular weight excluding hydrogens is 254 g/mol. The fourth-order valence-electron chi connectivity index (χ4n) is 2.18. The van der Waals surface area contributed by atoms with E-state index < -0.39 is 0 Å². The third-order valence-corrected chi connectivity index (χ3v) is 3.68. The quantitative estimate of drug-likeness (QED) is 0.724. The molecule has 0 radical (unpaired) electrons. The van der Waals surface area contributed by atoms with Gasteiger partial charge in [0.1, 0.15) is 0 Å². The summed E-state index contributed by atoms with van der Waals surface area (Å²) in [5.74, 6) is 0. The van der Waals surface area contributed by atoms with Crippen LogP contribution in [-0.2, 0) is 0 Å². The number of nitrogens with one attached hydrogen (secondary N) is 1. The van der Waals surface area contributed by atoms with Gasteiger partial charge in [0, 0.05) is 11.1 Å². The minimum Gasteiger partial charge on any atom is -0.310 e. The minimum absolute atomic E-state index is 0.364. The lowest BCUT2D eigenvalue weighted by atomic mass is 9.87. The molecule has 1 aromatic rings. The lowest BCUT2D eigenvalue weighted by molar-refractivity contribution is 0.332. The van der Waals surface area contributed by atoms with E-state index >= 15 is 0 Å². The molecule has 0 amide bonds. The van der Waals surface area contributed by atoms with Crippen LogP contribution in [0.3, 0.4) is 0 Å². The molecule has 0 aromatic heterocycles. The second kappa shape index (κ2) is 7.31. The number of benzene rings is 1. The molecule has 0 saturated carbocycles. The van der Waals surface area contributed by atoms with Gasteiger partial charge in [-0.1, -0.05) is 51.4 Å². The van der Waals surface area contributed by atoms with Crippen LogP contribution in [0.15, 0.2) is 18.2 Å². The Morgan fingerprint density at radius 2 is 1.95 bits per heavy atom. The Morgan fingerprint density at radius 3 is 2.47 bits per heavy atom. The zero-order chi connectivity index (χ0) is 14.5. The summed E-state index contributed by atoms with van der Waals surface area (Å²) in [6, 6.07) is 6.76. The predicted octanol–water partition coefficient (Wildman–Crippen LogP) is 5.52. The third-order valence-electron chi connectivity index (χ3n) is 3.36. The van der Waals surface area contributed by atoms with Gasteiger partial charge < -0.3 is 5.32 Å². The van der Waals surface area contributed by atoms with Crippen molar-refractivity contribution in [1.82, 2.24) is 5.32 Å². The van der Waals surface area contributed by atoms with Crippen LogP contribution in [0.5, 0.6) is 0 Å². The Labute approximate surface area is 123 Å². The summed E-state index contributed by atoms with van der Waals surface area (Å²) in [5, 5.41) is 4.53. The molecule has 0 fully saturated rings. The van der Waals surface area contributed by atoms with Gasteiger partial charge >= 0.3 is 0 Å². The van der Waals surface area contributed by atoms with E-state index in [0.717, 1.165) is 24.4 Å². The summed E-state index contributed by atoms with van der Waals surface area (Å²) in [6.45, 7) is 12.2. The van der Waals surface area contributed by atoms with Crippen molar-refractivity contribution >= 4 is 11.6 Å². The van der Waals surface area contributed by atoms with Crippen molar-refractivity contribution in [3.05, 3.63) is 34.3 Å². The molecule has 0 aliphatic carbocycles. The lowest BCUT2D eigenvalue weighted by Crippen LogP contribution is -2.24. The van der Waals surface area contributed by atoms with Crippen molar-refractivity contribution in [1.29, 1.82) is 0 Å². The van der Waals surface area contributed by atoms with Gasteiger partial charge in [-0.3, -0.25) is 0 Å². The summed E-state index contributed by atoms with van der Waals surface area (Å²) in [5.41, 5.74) is 2.83. The van der Waals surface area contributed by atoms with Gasteiger partial charge in [0.15, 0.2) is 0 Å². The predicted molar refractivity (Wildman–Crippen MR) is 85.9 cm³/mol. The number of aryl methyl sites for hydroxylation is 1. The average Bonchev–Trinajstić information content (AvgIpc) is 2.29. The van der Waals surface area contributed by atoms with E-state index in [1.165, 1.54) is 17.5 Å². The van der Waals surface area contributed by atoms with Crippen molar-refractivity contribution in [2.45, 2.75) is 59.9 Å². The van der Waals surface area contributed by atoms with Crippen LogP contribution in [0.25, 0.3) is 0 Å². The zero-order valence-electron chi connectivity index (χ0n) is 13.0. The molecule has 1 atom stereocenters. The first-order chi connectivity index (χ1) is 8.83. The van der Waals surface area contributed by atoms with Crippen molar-refractivity contribution < 1.29 is 0 Å². The highest BCUT2D eigenvalue weighted by molar-refractivity contribution is 6.31. The fourth-order valence-corrected chi connectivity index (χ4v) is 2.55. The molecule has 0 bridgehead atoms. The third kappa shape index (κ3) is 5.97. The number of hydrogen-bond acceptors (Lipinski definition) is 1. The molecule has 1 rings (SSSR count). The molecule has 0 saturated heterocycles. The van der Waals surface area contributed by atoms with E-state index in [1.807, 2.05) is 0 Å². The van der Waals surface area contributed by atoms with Crippen LogP contribution < -0.4 is 5.32 Å². The maximum absolute atomic E-state index is 6.41. The first-order valence-corrected chi connectivity index (χ1v) is 7.70. The molecule has 1 aromatic carbocycles. The number of hydrogen-bond donors (Lipinski definition) is 1. The Morgan fingerprint density at radius 1 is 1.26 bits per heavy atom. The van der Waals surface area contributed by atoms with E-state index in [-0.39, 0.29) is 0 Å². The van der Waals surface area contributed by atoms with E-state index in [0.29, 0.717) is 11.5 Å². The largest absolute Gasteiger partial charge is 0.310 e. The summed E-state index contributed by atoms with van der Waals surface area (Å²) in [4.78, 5) is 0. The van der Waals surface area contributed by atoms with Gasteiger partial charge in [-0.2, -0.15) is 0 Å². The molecule has 1 nitrogen and oxygen atoms in total. The first-order valence-electron chi connectivity index (χ1n) is 7.33. The van der Waals surface area contributed by atoms with Gasteiger partial charge in [-0.25, -0.2) is 0 Å². The normalized spacial score (nSPS) is 13.6. The van der Waals surface area contributed by atoms with Crippen molar-refractivity contribution in [2.24, 2.45) is 5.41 Å². The second-order valence-corrected chi connectivity index (χ2v) is 7.04. The van der Waals surface area contributed by atoms with E-state index in [9.17, 15) is 0 Å². The van der Waals surface area contributed by atoms with E-state index in [2.05, 4.69) is 58.1 Å². The van der Waals surface area contributed by atoms with Gasteiger partial charge in [-0.05, 0) is 55.3 Å². The van der Waals surface area contributed by atoms with Gasteiger partial charge in [0.25, 0.3) is 0 Å². The summed E-state index contributed by atoms with van der Waals surface area (Å²) < 4.78 is 0. The highest BCUT2D eigenvalue weighted by Crippen LogP contribution is 2.31. The molecule has 1 N–H and O–H groups in total. The molecule has 108 valence electrons. The summed E-state index contributed by atoms with van der Waals surface area (Å²) in [6.07, 6.45) is 3.47. The summed E-state index contributed by atoms with van der Waals surface area (Å²) in [7, 11) is 0. The average molecular weight is 282 g/mol. The molecule has 1 unspecified atom stereocenters. The van der Waals surface area contributed by atoms with Gasteiger partial charge in [0.05, 0.1) is 0 Å². The number of rotatable bonds is 6. The number of halogens is 1. The molecule has 0 heterocycles. The molecule has 19 heavy (non-hydrogen) atoms. The van der Waals surface area contributed by atoms with Crippen LogP contribution in [-0.4, -0.2) is 6.54 Å². The first kappa shape index (κ1) is 16.5. The summed E-state index contributed by atoms with van der Waals surface area (Å²) >= 11 is 6.41. The van der Waals surface area contributed by atoms with Crippen LogP contribution in [0, 0.1) is 12.3 Å².